The van der Waals surface area contributed by atoms with Crippen molar-refractivity contribution in [3.8, 4) is 12.3 Å². The molecular formula is C13H20N2O3S. The number of furan rings is 1. The lowest BCUT2D eigenvalue weighted by Gasteiger charge is -2.07. The van der Waals surface area contributed by atoms with Crippen molar-refractivity contribution in [2.45, 2.75) is 38.5 Å². The summed E-state index contributed by atoms with van der Waals surface area (Å²) in [4.78, 5) is 0. The van der Waals surface area contributed by atoms with E-state index in [0.717, 1.165) is 6.54 Å². The molecule has 0 aliphatic heterocycles. The Labute approximate surface area is 114 Å². The van der Waals surface area contributed by atoms with Gasteiger partial charge in [0.05, 0.1) is 12.6 Å². The van der Waals surface area contributed by atoms with Gasteiger partial charge in [0, 0.05) is 0 Å². The SMILES string of the molecule is C#CC(C)NS(=O)(=O)c1ccc(CNCC(C)C)o1. The van der Waals surface area contributed by atoms with Crippen LogP contribution in [0.3, 0.4) is 0 Å². The lowest BCUT2D eigenvalue weighted by molar-refractivity contribution is 0.394. The molecule has 0 spiro atoms. The van der Waals surface area contributed by atoms with Gasteiger partial charge in [-0.3, -0.25) is 0 Å². The zero-order valence-corrected chi connectivity index (χ0v) is 12.3. The fourth-order valence-electron chi connectivity index (χ4n) is 1.41. The topological polar surface area (TPSA) is 71.3 Å². The van der Waals surface area contributed by atoms with E-state index in [4.69, 9.17) is 10.8 Å². The van der Waals surface area contributed by atoms with E-state index in [2.05, 4.69) is 29.8 Å². The van der Waals surface area contributed by atoms with Crippen molar-refractivity contribution in [1.82, 2.24) is 10.0 Å². The normalized spacial score (nSPS) is 13.4. The molecule has 0 saturated heterocycles. The number of nitrogens with one attached hydrogen (secondary N) is 2. The number of terminal acetylenes is 1. The van der Waals surface area contributed by atoms with Crippen LogP contribution in [0.2, 0.25) is 0 Å². The van der Waals surface area contributed by atoms with Gasteiger partial charge in [-0.25, -0.2) is 8.42 Å². The first-order chi connectivity index (χ1) is 8.85. The van der Waals surface area contributed by atoms with E-state index in [1.165, 1.54) is 6.07 Å². The summed E-state index contributed by atoms with van der Waals surface area (Å²) in [5.41, 5.74) is 0. The Hall–Kier alpha value is -1.29. The highest BCUT2D eigenvalue weighted by molar-refractivity contribution is 7.89. The molecule has 5 nitrogen and oxygen atoms in total. The summed E-state index contributed by atoms with van der Waals surface area (Å²) in [6, 6.07) is 2.50. The van der Waals surface area contributed by atoms with Crippen LogP contribution >= 0.6 is 0 Å². The van der Waals surface area contributed by atoms with Crippen molar-refractivity contribution in [2.75, 3.05) is 6.54 Å². The van der Waals surface area contributed by atoms with E-state index in [0.29, 0.717) is 18.2 Å². The van der Waals surface area contributed by atoms with Gasteiger partial charge in [-0.2, -0.15) is 4.72 Å². The molecule has 0 aromatic carbocycles. The number of hydrogen-bond donors (Lipinski definition) is 2. The largest absolute Gasteiger partial charge is 0.447 e. The monoisotopic (exact) mass is 284 g/mol. The molecule has 1 aromatic heterocycles. The number of sulfonamides is 1. The zero-order chi connectivity index (χ0) is 14.5. The third-order valence-corrected chi connectivity index (χ3v) is 3.75. The second kappa shape index (κ2) is 6.75. The van der Waals surface area contributed by atoms with Gasteiger partial charge in [0.15, 0.2) is 0 Å². The van der Waals surface area contributed by atoms with Crippen molar-refractivity contribution >= 4 is 10.0 Å². The van der Waals surface area contributed by atoms with Gasteiger partial charge in [-0.1, -0.05) is 19.8 Å². The van der Waals surface area contributed by atoms with Crippen molar-refractivity contribution in [3.63, 3.8) is 0 Å². The molecule has 1 aromatic rings. The lowest BCUT2D eigenvalue weighted by atomic mass is 10.2. The van der Waals surface area contributed by atoms with Crippen LogP contribution in [0.15, 0.2) is 21.6 Å². The van der Waals surface area contributed by atoms with Crippen molar-refractivity contribution in [1.29, 1.82) is 0 Å². The van der Waals surface area contributed by atoms with Crippen molar-refractivity contribution in [3.05, 3.63) is 17.9 Å². The molecule has 1 atom stereocenters. The predicted octanol–water partition coefficient (Wildman–Crippen LogP) is 1.33. The average Bonchev–Trinajstić information content (AvgIpc) is 2.77. The Morgan fingerprint density at radius 1 is 1.37 bits per heavy atom. The van der Waals surface area contributed by atoms with Crippen molar-refractivity contribution in [2.24, 2.45) is 5.92 Å². The summed E-state index contributed by atoms with van der Waals surface area (Å²) >= 11 is 0. The Morgan fingerprint density at radius 2 is 2.05 bits per heavy atom. The molecule has 2 N–H and O–H groups in total. The summed E-state index contributed by atoms with van der Waals surface area (Å²) < 4.78 is 31.4. The summed E-state index contributed by atoms with van der Waals surface area (Å²) in [5.74, 6) is 3.40. The van der Waals surface area contributed by atoms with Crippen LogP contribution in [0, 0.1) is 18.3 Å². The first-order valence-corrected chi connectivity index (χ1v) is 7.61. The molecule has 1 rings (SSSR count). The average molecular weight is 284 g/mol. The van der Waals surface area contributed by atoms with E-state index in [-0.39, 0.29) is 5.09 Å². The van der Waals surface area contributed by atoms with Crippen LogP contribution in [0.4, 0.5) is 0 Å². The van der Waals surface area contributed by atoms with Gasteiger partial charge in [-0.15, -0.1) is 6.42 Å². The van der Waals surface area contributed by atoms with Gasteiger partial charge < -0.3 is 9.73 Å². The van der Waals surface area contributed by atoms with Crippen LogP contribution < -0.4 is 10.0 Å². The van der Waals surface area contributed by atoms with E-state index < -0.39 is 16.1 Å². The second-order valence-electron chi connectivity index (χ2n) is 4.76. The van der Waals surface area contributed by atoms with E-state index in [1.54, 1.807) is 13.0 Å². The predicted molar refractivity (Wildman–Crippen MR) is 73.9 cm³/mol. The van der Waals surface area contributed by atoms with Gasteiger partial charge in [0.1, 0.15) is 5.76 Å². The number of rotatable bonds is 7. The third-order valence-electron chi connectivity index (χ3n) is 2.34. The molecular weight excluding hydrogens is 264 g/mol. The van der Waals surface area contributed by atoms with Crippen LogP contribution in [0.25, 0.3) is 0 Å². The minimum absolute atomic E-state index is 0.115. The minimum atomic E-state index is -3.68. The van der Waals surface area contributed by atoms with E-state index >= 15 is 0 Å². The molecule has 0 bridgehead atoms. The summed E-state index contributed by atoms with van der Waals surface area (Å²) in [6.07, 6.45) is 5.14. The Kier molecular flexibility index (Phi) is 5.60. The maximum atomic E-state index is 11.9. The fraction of sp³-hybridized carbons (Fsp3) is 0.538. The standard InChI is InChI=1S/C13H20N2O3S/c1-5-11(4)15-19(16,17)13-7-6-12(18-13)9-14-8-10(2)3/h1,6-7,10-11,14-15H,8-9H2,2-4H3. The third kappa shape index (κ3) is 5.07. The summed E-state index contributed by atoms with van der Waals surface area (Å²) in [5, 5.41) is 3.06. The molecule has 1 heterocycles. The second-order valence-corrected chi connectivity index (χ2v) is 6.40. The molecule has 0 amide bonds. The molecule has 0 saturated carbocycles. The fourth-order valence-corrected chi connectivity index (χ4v) is 2.52. The molecule has 0 radical (unpaired) electrons. The molecule has 1 unspecified atom stereocenters. The molecule has 106 valence electrons. The molecule has 0 aliphatic rings. The minimum Gasteiger partial charge on any atom is -0.447 e. The summed E-state index contributed by atoms with van der Waals surface area (Å²) in [7, 11) is -3.68. The Bertz CT molecular complexity index is 540. The van der Waals surface area contributed by atoms with Crippen molar-refractivity contribution < 1.29 is 12.8 Å². The van der Waals surface area contributed by atoms with Crippen LogP contribution in [0.1, 0.15) is 26.5 Å². The van der Waals surface area contributed by atoms with Crippen LogP contribution in [-0.2, 0) is 16.6 Å². The molecule has 19 heavy (non-hydrogen) atoms. The van der Waals surface area contributed by atoms with Gasteiger partial charge >= 0.3 is 0 Å². The highest BCUT2D eigenvalue weighted by atomic mass is 32.2. The Balaban J connectivity index is 2.66. The molecule has 6 heteroatoms. The van der Waals surface area contributed by atoms with E-state index in [1.807, 2.05) is 0 Å². The Morgan fingerprint density at radius 3 is 2.63 bits per heavy atom. The van der Waals surface area contributed by atoms with Gasteiger partial charge in [0.25, 0.3) is 10.0 Å². The van der Waals surface area contributed by atoms with Gasteiger partial charge in [0.2, 0.25) is 5.09 Å². The van der Waals surface area contributed by atoms with Crippen LogP contribution in [0.5, 0.6) is 0 Å². The zero-order valence-electron chi connectivity index (χ0n) is 11.4. The first-order valence-electron chi connectivity index (χ1n) is 6.13. The highest BCUT2D eigenvalue weighted by Crippen LogP contribution is 2.14. The maximum Gasteiger partial charge on any atom is 0.275 e. The highest BCUT2D eigenvalue weighted by Gasteiger charge is 2.20. The summed E-state index contributed by atoms with van der Waals surface area (Å²) in [6.45, 7) is 7.12. The first kappa shape index (κ1) is 15.8. The lowest BCUT2D eigenvalue weighted by Crippen LogP contribution is -2.31. The maximum absolute atomic E-state index is 11.9. The smallest absolute Gasteiger partial charge is 0.275 e. The van der Waals surface area contributed by atoms with Gasteiger partial charge in [-0.05, 0) is 31.5 Å². The molecule has 0 fully saturated rings. The van der Waals surface area contributed by atoms with Crippen LogP contribution in [-0.4, -0.2) is 21.0 Å². The van der Waals surface area contributed by atoms with E-state index in [9.17, 15) is 8.42 Å². The quantitative estimate of drug-likeness (QED) is 0.741. The number of hydrogen-bond acceptors (Lipinski definition) is 4. The molecule has 0 aliphatic carbocycles.